The summed E-state index contributed by atoms with van der Waals surface area (Å²) in [6.07, 6.45) is 0. The summed E-state index contributed by atoms with van der Waals surface area (Å²) in [5.41, 5.74) is 1.77. The van der Waals surface area contributed by atoms with Gasteiger partial charge in [0.15, 0.2) is 0 Å². The molecule has 1 aromatic heterocycles. The van der Waals surface area contributed by atoms with Gasteiger partial charge in [-0.2, -0.15) is 4.31 Å². The van der Waals surface area contributed by atoms with Gasteiger partial charge in [-0.25, -0.2) is 18.1 Å². The Bertz CT molecular complexity index is 1150. The number of sulfonamides is 1. The minimum atomic E-state index is -3.27. The molecule has 0 radical (unpaired) electrons. The van der Waals surface area contributed by atoms with Crippen LogP contribution in [0.25, 0.3) is 0 Å². The first-order valence-electron chi connectivity index (χ1n) is 10.2. The van der Waals surface area contributed by atoms with Crippen LogP contribution in [0.3, 0.4) is 0 Å². The monoisotopic (exact) mass is 463 g/mol. The lowest BCUT2D eigenvalue weighted by Gasteiger charge is -2.38. The fourth-order valence-corrected chi connectivity index (χ4v) is 5.40. The Morgan fingerprint density at radius 3 is 2.59 bits per heavy atom. The van der Waals surface area contributed by atoms with E-state index >= 15 is 0 Å². The van der Waals surface area contributed by atoms with Crippen LogP contribution in [-0.2, 0) is 14.8 Å². The molecule has 13 heteroatoms. The third kappa shape index (κ3) is 3.71. The predicted molar refractivity (Wildman–Crippen MR) is 116 cm³/mol. The van der Waals surface area contributed by atoms with Crippen LogP contribution >= 0.6 is 0 Å². The molecule has 12 nitrogen and oxygen atoms in total. The zero-order valence-electron chi connectivity index (χ0n) is 18.0. The van der Waals surface area contributed by atoms with E-state index in [-0.39, 0.29) is 11.7 Å². The Kier molecular flexibility index (Phi) is 5.86. The third-order valence-corrected chi connectivity index (χ3v) is 7.82. The van der Waals surface area contributed by atoms with Gasteiger partial charge in [-0.1, -0.05) is 11.2 Å². The van der Waals surface area contributed by atoms with Gasteiger partial charge in [0.1, 0.15) is 17.7 Å². The predicted octanol–water partition coefficient (Wildman–Crippen LogP) is 0.550. The van der Waals surface area contributed by atoms with Crippen molar-refractivity contribution in [2.45, 2.75) is 19.9 Å². The molecule has 1 saturated heterocycles. The SMILES string of the molecule is CCS(=O)(=O)N1CCN(c2cccc(OC)c2C2C(C(=O)O)C(C)=Nc3nnnn32)CC1. The molecule has 0 aliphatic carbocycles. The highest BCUT2D eigenvalue weighted by molar-refractivity contribution is 7.89. The smallest absolute Gasteiger partial charge is 0.314 e. The number of aliphatic carboxylic acids is 1. The Hall–Kier alpha value is -3.06. The largest absolute Gasteiger partial charge is 0.496 e. The van der Waals surface area contributed by atoms with Crippen molar-refractivity contribution < 1.29 is 23.1 Å². The molecule has 1 N–H and O–H groups in total. The van der Waals surface area contributed by atoms with E-state index in [9.17, 15) is 18.3 Å². The number of fused-ring (bicyclic) bond motifs is 1. The van der Waals surface area contributed by atoms with Crippen molar-refractivity contribution in [1.29, 1.82) is 0 Å². The Balaban J connectivity index is 1.79. The lowest BCUT2D eigenvalue weighted by Crippen LogP contribution is -2.49. The molecule has 1 fully saturated rings. The maximum Gasteiger partial charge on any atom is 0.314 e. The molecule has 1 aromatic carbocycles. The summed E-state index contributed by atoms with van der Waals surface area (Å²) in [7, 11) is -1.75. The minimum Gasteiger partial charge on any atom is -0.496 e. The maximum absolute atomic E-state index is 12.3. The van der Waals surface area contributed by atoms with E-state index < -0.39 is 28.0 Å². The molecule has 2 atom stereocenters. The standard InChI is InChI=1S/C19H25N7O5S/c1-4-32(29,30)25-10-8-24(9-11-25)13-6-5-7-14(31-3)16(13)17-15(18(27)28)12(2)20-19-21-22-23-26(17)19/h5-7,15,17H,4,8-11H2,1-3H3,(H,27,28). The van der Waals surface area contributed by atoms with Crippen LogP contribution in [0.15, 0.2) is 23.2 Å². The van der Waals surface area contributed by atoms with Crippen molar-refractivity contribution in [3.63, 3.8) is 0 Å². The Morgan fingerprint density at radius 2 is 1.97 bits per heavy atom. The van der Waals surface area contributed by atoms with Gasteiger partial charge in [0, 0.05) is 43.1 Å². The van der Waals surface area contributed by atoms with Gasteiger partial charge >= 0.3 is 5.97 Å². The zero-order chi connectivity index (χ0) is 23.0. The van der Waals surface area contributed by atoms with Crippen LogP contribution in [0.5, 0.6) is 5.75 Å². The van der Waals surface area contributed by atoms with E-state index in [1.165, 1.54) is 16.1 Å². The number of benzene rings is 1. The second-order valence-electron chi connectivity index (χ2n) is 7.62. The Morgan fingerprint density at radius 1 is 1.25 bits per heavy atom. The number of aliphatic imine (C=N–C) groups is 1. The second-order valence-corrected chi connectivity index (χ2v) is 9.87. The van der Waals surface area contributed by atoms with E-state index in [0.717, 1.165) is 5.69 Å². The number of carbonyl (C=O) groups is 1. The highest BCUT2D eigenvalue weighted by Crippen LogP contribution is 2.44. The fraction of sp³-hybridized carbons (Fsp3) is 0.526. The van der Waals surface area contributed by atoms with Crippen molar-refractivity contribution in [2.24, 2.45) is 10.9 Å². The van der Waals surface area contributed by atoms with Gasteiger partial charge in [0.05, 0.1) is 12.9 Å². The quantitative estimate of drug-likeness (QED) is 0.649. The number of nitrogens with zero attached hydrogens (tertiary/aromatic N) is 7. The molecule has 0 spiro atoms. The molecule has 172 valence electrons. The molecule has 3 heterocycles. The molecule has 2 aliphatic heterocycles. The summed E-state index contributed by atoms with van der Waals surface area (Å²) in [5, 5.41) is 21.7. The van der Waals surface area contributed by atoms with Crippen LogP contribution in [-0.4, -0.2) is 88.8 Å². The topological polar surface area (TPSA) is 143 Å². The molecule has 4 rings (SSSR count). The number of piperazine rings is 1. The van der Waals surface area contributed by atoms with Crippen molar-refractivity contribution in [1.82, 2.24) is 24.5 Å². The van der Waals surface area contributed by atoms with Gasteiger partial charge in [-0.3, -0.25) is 4.79 Å². The van der Waals surface area contributed by atoms with Crippen molar-refractivity contribution >= 4 is 33.3 Å². The van der Waals surface area contributed by atoms with Crippen LogP contribution in [0.2, 0.25) is 0 Å². The van der Waals surface area contributed by atoms with Crippen LogP contribution < -0.4 is 9.64 Å². The van der Waals surface area contributed by atoms with E-state index in [1.807, 2.05) is 17.0 Å². The first-order chi connectivity index (χ1) is 15.3. The number of rotatable bonds is 6. The summed E-state index contributed by atoms with van der Waals surface area (Å²) < 4.78 is 33.0. The number of methoxy groups -OCH3 is 1. The van der Waals surface area contributed by atoms with E-state index in [0.29, 0.717) is 43.2 Å². The fourth-order valence-electron chi connectivity index (χ4n) is 4.32. The maximum atomic E-state index is 12.3. The molecule has 32 heavy (non-hydrogen) atoms. The molecule has 0 amide bonds. The number of anilines is 1. The molecule has 2 unspecified atom stereocenters. The summed E-state index contributed by atoms with van der Waals surface area (Å²) in [6.45, 7) is 4.88. The number of aromatic nitrogens is 4. The van der Waals surface area contributed by atoms with Crippen molar-refractivity contribution in [2.75, 3.05) is 43.9 Å². The molecule has 0 bridgehead atoms. The molecule has 2 aliphatic rings. The number of hydrogen-bond acceptors (Lipinski definition) is 9. The first kappa shape index (κ1) is 22.1. The first-order valence-corrected chi connectivity index (χ1v) is 11.8. The van der Waals surface area contributed by atoms with Crippen molar-refractivity contribution in [3.8, 4) is 5.75 Å². The number of carboxylic acid groups (broad SMARTS) is 1. The third-order valence-electron chi connectivity index (χ3n) is 5.94. The van der Waals surface area contributed by atoms with E-state index in [1.54, 1.807) is 19.9 Å². The molecular weight excluding hydrogens is 438 g/mol. The lowest BCUT2D eigenvalue weighted by molar-refractivity contribution is -0.140. The average Bonchev–Trinajstić information content (AvgIpc) is 3.25. The van der Waals surface area contributed by atoms with Gasteiger partial charge in [-0.05, 0) is 36.4 Å². The lowest BCUT2D eigenvalue weighted by atomic mass is 9.86. The second kappa shape index (κ2) is 8.47. The van der Waals surface area contributed by atoms with Gasteiger partial charge in [-0.15, -0.1) is 0 Å². The van der Waals surface area contributed by atoms with E-state index in [2.05, 4.69) is 20.5 Å². The van der Waals surface area contributed by atoms with Crippen molar-refractivity contribution in [3.05, 3.63) is 23.8 Å². The van der Waals surface area contributed by atoms with Crippen LogP contribution in [0, 0.1) is 5.92 Å². The Labute approximate surface area is 185 Å². The number of carboxylic acids is 1. The molecule has 0 saturated carbocycles. The molecule has 2 aromatic rings. The van der Waals surface area contributed by atoms with Crippen LogP contribution in [0.1, 0.15) is 25.5 Å². The highest BCUT2D eigenvalue weighted by Gasteiger charge is 2.42. The summed E-state index contributed by atoms with van der Waals surface area (Å²) in [4.78, 5) is 18.6. The number of ether oxygens (including phenoxy) is 1. The van der Waals surface area contributed by atoms with Crippen LogP contribution in [0.4, 0.5) is 11.6 Å². The number of tetrazole rings is 1. The normalized spacial score (nSPS) is 21.7. The highest BCUT2D eigenvalue weighted by atomic mass is 32.2. The van der Waals surface area contributed by atoms with Gasteiger partial charge in [0.25, 0.3) is 5.95 Å². The number of hydrogen-bond donors (Lipinski definition) is 1. The van der Waals surface area contributed by atoms with Gasteiger partial charge < -0.3 is 14.7 Å². The zero-order valence-corrected chi connectivity index (χ0v) is 18.9. The summed E-state index contributed by atoms with van der Waals surface area (Å²) in [5.74, 6) is -1.27. The van der Waals surface area contributed by atoms with E-state index in [4.69, 9.17) is 4.74 Å². The summed E-state index contributed by atoms with van der Waals surface area (Å²) in [6, 6.07) is 4.69. The summed E-state index contributed by atoms with van der Waals surface area (Å²) >= 11 is 0. The molecular formula is C19H25N7O5S. The minimum absolute atomic E-state index is 0.0560. The van der Waals surface area contributed by atoms with Gasteiger partial charge in [0.2, 0.25) is 10.0 Å². The average molecular weight is 464 g/mol.